The standard InChI is InChI=1S/C17H22N4O4/c22-17(23)9-20-5-12-6-21(13(7-20)11-24-10-12)8-14-1-2-16(25-14)15-3-4-18-19-15/h1-4,12-13H,5-11H2,(H,18,19)(H,22,23)/t12-,13-/m0/s1. The Morgan fingerprint density at radius 2 is 2.20 bits per heavy atom. The lowest BCUT2D eigenvalue weighted by atomic mass is 10.1. The van der Waals surface area contributed by atoms with E-state index in [0.29, 0.717) is 32.2 Å². The second-order valence-corrected chi connectivity index (χ2v) is 6.81. The first kappa shape index (κ1) is 16.3. The van der Waals surface area contributed by atoms with Gasteiger partial charge in [-0.05, 0) is 18.2 Å². The molecule has 4 rings (SSSR count). The van der Waals surface area contributed by atoms with E-state index in [-0.39, 0.29) is 12.6 Å². The Kier molecular flexibility index (Phi) is 4.56. The summed E-state index contributed by atoms with van der Waals surface area (Å²) in [6, 6.07) is 5.98. The van der Waals surface area contributed by atoms with E-state index in [0.717, 1.165) is 30.3 Å². The minimum atomic E-state index is -0.775. The summed E-state index contributed by atoms with van der Waals surface area (Å²) in [5.74, 6) is 1.20. The average Bonchev–Trinajstić information content (AvgIpc) is 3.15. The van der Waals surface area contributed by atoms with E-state index in [1.807, 2.05) is 23.1 Å². The summed E-state index contributed by atoms with van der Waals surface area (Å²) in [5.41, 5.74) is 0.858. The van der Waals surface area contributed by atoms with Crippen LogP contribution < -0.4 is 0 Å². The number of nitrogens with zero attached hydrogens (tertiary/aromatic N) is 3. The lowest BCUT2D eigenvalue weighted by Crippen LogP contribution is -2.44. The van der Waals surface area contributed by atoms with Gasteiger partial charge in [0.2, 0.25) is 0 Å². The van der Waals surface area contributed by atoms with Crippen LogP contribution in [-0.4, -0.2) is 76.5 Å². The Morgan fingerprint density at radius 3 is 3.00 bits per heavy atom. The molecule has 134 valence electrons. The van der Waals surface area contributed by atoms with Gasteiger partial charge in [0.25, 0.3) is 0 Å². The molecule has 2 N–H and O–H groups in total. The molecule has 2 aromatic rings. The number of ether oxygens (including phenoxy) is 1. The number of furan rings is 1. The Bertz CT molecular complexity index is 714. The number of aliphatic carboxylic acids is 1. The Hall–Kier alpha value is -2.16. The largest absolute Gasteiger partial charge is 0.480 e. The molecule has 8 nitrogen and oxygen atoms in total. The highest BCUT2D eigenvalue weighted by Crippen LogP contribution is 2.24. The number of aromatic amines is 1. The number of H-pyrrole nitrogens is 1. The maximum absolute atomic E-state index is 11.1. The van der Waals surface area contributed by atoms with Crippen LogP contribution in [0.3, 0.4) is 0 Å². The van der Waals surface area contributed by atoms with E-state index in [4.69, 9.17) is 14.3 Å². The molecule has 25 heavy (non-hydrogen) atoms. The number of carboxylic acids is 1. The van der Waals surface area contributed by atoms with Crippen LogP contribution in [0.1, 0.15) is 5.76 Å². The maximum Gasteiger partial charge on any atom is 0.317 e. The number of carbonyl (C=O) groups is 1. The number of nitrogens with one attached hydrogen (secondary N) is 1. The molecule has 0 saturated carbocycles. The molecule has 2 aliphatic rings. The zero-order valence-corrected chi connectivity index (χ0v) is 13.9. The molecule has 0 spiro atoms. The molecule has 2 atom stereocenters. The van der Waals surface area contributed by atoms with Gasteiger partial charge in [-0.1, -0.05) is 0 Å². The third-order valence-electron chi connectivity index (χ3n) is 4.80. The predicted molar refractivity (Wildman–Crippen MR) is 88.9 cm³/mol. The Morgan fingerprint density at radius 1 is 1.28 bits per heavy atom. The highest BCUT2D eigenvalue weighted by Gasteiger charge is 2.34. The number of rotatable bonds is 5. The number of hydrogen-bond acceptors (Lipinski definition) is 6. The molecule has 0 aromatic carbocycles. The van der Waals surface area contributed by atoms with Crippen LogP contribution in [-0.2, 0) is 16.1 Å². The Labute approximate surface area is 145 Å². The first-order chi connectivity index (χ1) is 12.2. The summed E-state index contributed by atoms with van der Waals surface area (Å²) in [5, 5.41) is 16.0. The number of hydrogen-bond donors (Lipinski definition) is 2. The van der Waals surface area contributed by atoms with Crippen LogP contribution in [0, 0.1) is 5.92 Å². The number of carboxylic acid groups (broad SMARTS) is 1. The summed E-state index contributed by atoms with van der Waals surface area (Å²) in [6.07, 6.45) is 1.70. The van der Waals surface area contributed by atoms with Crippen molar-refractivity contribution >= 4 is 5.97 Å². The van der Waals surface area contributed by atoms with E-state index < -0.39 is 5.97 Å². The van der Waals surface area contributed by atoms with Gasteiger partial charge in [-0.15, -0.1) is 0 Å². The minimum absolute atomic E-state index is 0.0889. The van der Waals surface area contributed by atoms with Gasteiger partial charge < -0.3 is 14.3 Å². The molecule has 0 amide bonds. The van der Waals surface area contributed by atoms with E-state index in [1.54, 1.807) is 6.20 Å². The normalized spacial score (nSPS) is 25.0. The molecule has 2 saturated heterocycles. The Balaban J connectivity index is 1.47. The number of aromatic nitrogens is 2. The fraction of sp³-hybridized carbons (Fsp3) is 0.529. The summed E-state index contributed by atoms with van der Waals surface area (Å²) in [7, 11) is 0. The van der Waals surface area contributed by atoms with Crippen LogP contribution in [0.25, 0.3) is 11.5 Å². The average molecular weight is 346 g/mol. The molecular formula is C17H22N4O4. The van der Waals surface area contributed by atoms with E-state index in [1.165, 1.54) is 0 Å². The summed E-state index contributed by atoms with van der Waals surface area (Å²) < 4.78 is 11.7. The zero-order valence-electron chi connectivity index (χ0n) is 13.9. The van der Waals surface area contributed by atoms with Crippen molar-refractivity contribution in [2.24, 2.45) is 5.92 Å². The first-order valence-corrected chi connectivity index (χ1v) is 8.52. The van der Waals surface area contributed by atoms with Crippen molar-refractivity contribution in [3.8, 4) is 11.5 Å². The van der Waals surface area contributed by atoms with Gasteiger partial charge in [-0.2, -0.15) is 5.10 Å². The monoisotopic (exact) mass is 346 g/mol. The summed E-state index contributed by atoms with van der Waals surface area (Å²) >= 11 is 0. The van der Waals surface area contributed by atoms with Crippen LogP contribution >= 0.6 is 0 Å². The van der Waals surface area contributed by atoms with Crippen LogP contribution in [0.2, 0.25) is 0 Å². The molecular weight excluding hydrogens is 324 g/mol. The molecule has 0 radical (unpaired) electrons. The van der Waals surface area contributed by atoms with Crippen molar-refractivity contribution in [2.45, 2.75) is 12.6 Å². The minimum Gasteiger partial charge on any atom is -0.480 e. The molecule has 4 heterocycles. The molecule has 2 aromatic heterocycles. The third kappa shape index (κ3) is 3.76. The van der Waals surface area contributed by atoms with Gasteiger partial charge in [0.15, 0.2) is 5.76 Å². The van der Waals surface area contributed by atoms with Crippen molar-refractivity contribution in [1.82, 2.24) is 20.0 Å². The molecule has 2 bridgehead atoms. The van der Waals surface area contributed by atoms with E-state index in [9.17, 15) is 4.79 Å². The SMILES string of the molecule is O=C(O)CN1C[C@@H]2COC[C@H](C1)N(Cc1ccc(-c3ccn[nH]3)o1)C2. The molecule has 0 unspecified atom stereocenters. The number of fused-ring (bicyclic) bond motifs is 3. The first-order valence-electron chi connectivity index (χ1n) is 8.52. The predicted octanol–water partition coefficient (Wildman–Crippen LogP) is 0.887. The topological polar surface area (TPSA) is 94.8 Å². The third-order valence-corrected chi connectivity index (χ3v) is 4.80. The van der Waals surface area contributed by atoms with Gasteiger partial charge in [0.1, 0.15) is 11.5 Å². The van der Waals surface area contributed by atoms with E-state index >= 15 is 0 Å². The second kappa shape index (κ2) is 6.99. The maximum atomic E-state index is 11.1. The van der Waals surface area contributed by atoms with Gasteiger partial charge >= 0.3 is 5.97 Å². The van der Waals surface area contributed by atoms with Gasteiger partial charge in [0, 0.05) is 37.8 Å². The lowest BCUT2D eigenvalue weighted by Gasteiger charge is -2.30. The van der Waals surface area contributed by atoms with Crippen molar-refractivity contribution < 1.29 is 19.1 Å². The summed E-state index contributed by atoms with van der Waals surface area (Å²) in [4.78, 5) is 15.5. The second-order valence-electron chi connectivity index (χ2n) is 6.81. The van der Waals surface area contributed by atoms with Crippen LogP contribution in [0.4, 0.5) is 0 Å². The van der Waals surface area contributed by atoms with Crippen molar-refractivity contribution in [3.05, 3.63) is 30.2 Å². The molecule has 2 aliphatic heterocycles. The smallest absolute Gasteiger partial charge is 0.317 e. The fourth-order valence-corrected chi connectivity index (χ4v) is 3.74. The van der Waals surface area contributed by atoms with E-state index in [2.05, 4.69) is 15.1 Å². The molecule has 2 fully saturated rings. The highest BCUT2D eigenvalue weighted by molar-refractivity contribution is 5.69. The van der Waals surface area contributed by atoms with Gasteiger partial charge in [-0.3, -0.25) is 19.7 Å². The molecule has 0 aliphatic carbocycles. The zero-order chi connectivity index (χ0) is 17.2. The quantitative estimate of drug-likeness (QED) is 0.830. The van der Waals surface area contributed by atoms with Gasteiger partial charge in [0.05, 0.1) is 26.3 Å². The van der Waals surface area contributed by atoms with Crippen molar-refractivity contribution in [2.75, 3.05) is 39.4 Å². The fourth-order valence-electron chi connectivity index (χ4n) is 3.74. The van der Waals surface area contributed by atoms with Crippen LogP contribution in [0.15, 0.2) is 28.8 Å². The summed E-state index contributed by atoms with van der Waals surface area (Å²) in [6.45, 7) is 4.45. The van der Waals surface area contributed by atoms with Crippen molar-refractivity contribution in [1.29, 1.82) is 0 Å². The lowest BCUT2D eigenvalue weighted by molar-refractivity contribution is -0.138. The molecule has 8 heteroatoms. The highest BCUT2D eigenvalue weighted by atomic mass is 16.5. The van der Waals surface area contributed by atoms with Crippen LogP contribution in [0.5, 0.6) is 0 Å². The van der Waals surface area contributed by atoms with Gasteiger partial charge in [-0.25, -0.2) is 0 Å². The van der Waals surface area contributed by atoms with Crippen molar-refractivity contribution in [3.63, 3.8) is 0 Å².